The Morgan fingerprint density at radius 1 is 1.00 bits per heavy atom. The summed E-state index contributed by atoms with van der Waals surface area (Å²) in [6, 6.07) is 1.46. The Kier molecular flexibility index (Phi) is 2.37. The largest absolute Gasteiger partial charge is 0.397 e. The second kappa shape index (κ2) is 2.97. The van der Waals surface area contributed by atoms with Crippen LogP contribution >= 0.6 is 34.8 Å². The molecule has 0 bridgehead atoms. The van der Waals surface area contributed by atoms with E-state index in [-0.39, 0.29) is 15.7 Å². The zero-order valence-electron chi connectivity index (χ0n) is 5.37. The maximum absolute atomic E-state index is 5.67. The second-order valence-corrected chi connectivity index (χ2v) is 3.15. The van der Waals surface area contributed by atoms with Gasteiger partial charge >= 0.3 is 0 Å². The molecule has 2 nitrogen and oxygen atoms in total. The van der Waals surface area contributed by atoms with Crippen molar-refractivity contribution in [2.24, 2.45) is 0 Å². The molecule has 11 heavy (non-hydrogen) atoms. The zero-order valence-corrected chi connectivity index (χ0v) is 7.63. The quantitative estimate of drug-likeness (QED) is 0.512. The van der Waals surface area contributed by atoms with Crippen molar-refractivity contribution in [2.75, 3.05) is 11.5 Å². The highest BCUT2D eigenvalue weighted by molar-refractivity contribution is 6.49. The van der Waals surface area contributed by atoms with Crippen molar-refractivity contribution in [3.8, 4) is 0 Å². The van der Waals surface area contributed by atoms with E-state index in [4.69, 9.17) is 46.3 Å². The Morgan fingerprint density at radius 2 is 1.55 bits per heavy atom. The smallest absolute Gasteiger partial charge is 0.0857 e. The molecule has 1 aromatic rings. The van der Waals surface area contributed by atoms with Crippen LogP contribution in [-0.4, -0.2) is 0 Å². The molecule has 0 aliphatic heterocycles. The van der Waals surface area contributed by atoms with Crippen molar-refractivity contribution >= 4 is 46.2 Å². The molecular formula is C6H5Cl3N2. The van der Waals surface area contributed by atoms with Crippen molar-refractivity contribution in [2.45, 2.75) is 0 Å². The van der Waals surface area contributed by atoms with Gasteiger partial charge in [-0.2, -0.15) is 0 Å². The number of rotatable bonds is 0. The van der Waals surface area contributed by atoms with Crippen LogP contribution in [0.5, 0.6) is 0 Å². The van der Waals surface area contributed by atoms with Crippen LogP contribution in [-0.2, 0) is 0 Å². The molecule has 0 aliphatic carbocycles. The monoisotopic (exact) mass is 210 g/mol. The predicted molar refractivity (Wildman–Crippen MR) is 50.3 cm³/mol. The molecule has 0 radical (unpaired) electrons. The number of benzene rings is 1. The van der Waals surface area contributed by atoms with E-state index in [1.807, 2.05) is 0 Å². The lowest BCUT2D eigenvalue weighted by Gasteiger charge is -2.05. The highest BCUT2D eigenvalue weighted by atomic mass is 35.5. The van der Waals surface area contributed by atoms with Gasteiger partial charge in [0, 0.05) is 0 Å². The van der Waals surface area contributed by atoms with E-state index >= 15 is 0 Å². The van der Waals surface area contributed by atoms with Crippen LogP contribution in [0.4, 0.5) is 11.4 Å². The minimum absolute atomic E-state index is 0.205. The van der Waals surface area contributed by atoms with Crippen LogP contribution in [0.3, 0.4) is 0 Å². The van der Waals surface area contributed by atoms with Gasteiger partial charge in [-0.15, -0.1) is 0 Å². The Bertz CT molecular complexity index is 272. The SMILES string of the molecule is Nc1cc(Cl)c(Cl)c(Cl)c1N. The Morgan fingerprint density at radius 3 is 2.09 bits per heavy atom. The minimum Gasteiger partial charge on any atom is -0.397 e. The van der Waals surface area contributed by atoms with Crippen molar-refractivity contribution in [3.63, 3.8) is 0 Å². The molecule has 5 heteroatoms. The molecule has 0 aliphatic rings. The summed E-state index contributed by atoms with van der Waals surface area (Å²) < 4.78 is 0. The lowest BCUT2D eigenvalue weighted by molar-refractivity contribution is 1.66. The molecule has 4 N–H and O–H groups in total. The standard InChI is InChI=1S/C6H5Cl3N2/c7-2-1-3(10)6(11)5(9)4(2)8/h1H,10-11H2. The van der Waals surface area contributed by atoms with Gasteiger partial charge in [-0.1, -0.05) is 34.8 Å². The molecule has 0 atom stereocenters. The molecule has 0 heterocycles. The third-order valence-corrected chi connectivity index (χ3v) is 2.51. The van der Waals surface area contributed by atoms with Gasteiger partial charge in [-0.3, -0.25) is 0 Å². The first kappa shape index (κ1) is 8.78. The number of nitrogens with two attached hydrogens (primary N) is 2. The van der Waals surface area contributed by atoms with E-state index in [0.29, 0.717) is 10.7 Å². The van der Waals surface area contributed by atoms with Gasteiger partial charge in [0.1, 0.15) is 0 Å². The van der Waals surface area contributed by atoms with Gasteiger partial charge in [0.05, 0.1) is 26.4 Å². The molecule has 0 saturated heterocycles. The van der Waals surface area contributed by atoms with Crippen molar-refractivity contribution in [1.82, 2.24) is 0 Å². The maximum Gasteiger partial charge on any atom is 0.0857 e. The first-order valence-electron chi connectivity index (χ1n) is 2.72. The average molecular weight is 211 g/mol. The maximum atomic E-state index is 5.67. The number of anilines is 2. The Hall–Kier alpha value is -0.310. The average Bonchev–Trinajstić information content (AvgIpc) is 1.97. The minimum atomic E-state index is 0.205. The zero-order chi connectivity index (χ0) is 8.59. The third kappa shape index (κ3) is 1.48. The molecule has 1 aromatic carbocycles. The highest BCUT2D eigenvalue weighted by Crippen LogP contribution is 2.37. The summed E-state index contributed by atoms with van der Waals surface area (Å²) in [4.78, 5) is 0. The summed E-state index contributed by atoms with van der Waals surface area (Å²) >= 11 is 17.0. The van der Waals surface area contributed by atoms with E-state index in [1.165, 1.54) is 6.07 Å². The molecule has 0 spiro atoms. The fourth-order valence-electron chi connectivity index (χ4n) is 0.627. The third-order valence-electron chi connectivity index (χ3n) is 1.23. The summed E-state index contributed by atoms with van der Waals surface area (Å²) in [5.41, 5.74) is 11.5. The summed E-state index contributed by atoms with van der Waals surface area (Å²) in [6.07, 6.45) is 0. The van der Waals surface area contributed by atoms with Crippen LogP contribution in [0.2, 0.25) is 15.1 Å². The topological polar surface area (TPSA) is 52.0 Å². The van der Waals surface area contributed by atoms with Gasteiger partial charge in [0.25, 0.3) is 0 Å². The van der Waals surface area contributed by atoms with E-state index in [1.54, 1.807) is 0 Å². The first-order valence-corrected chi connectivity index (χ1v) is 3.86. The molecular weight excluding hydrogens is 206 g/mol. The summed E-state index contributed by atoms with van der Waals surface area (Å²) in [6.45, 7) is 0. The Balaban J connectivity index is 3.46. The van der Waals surface area contributed by atoms with E-state index in [0.717, 1.165) is 0 Å². The molecule has 0 fully saturated rings. The van der Waals surface area contributed by atoms with Gasteiger partial charge in [0.15, 0.2) is 0 Å². The van der Waals surface area contributed by atoms with Crippen molar-refractivity contribution in [3.05, 3.63) is 21.1 Å². The van der Waals surface area contributed by atoms with Gasteiger partial charge in [0.2, 0.25) is 0 Å². The molecule has 0 unspecified atom stereocenters. The van der Waals surface area contributed by atoms with E-state index in [9.17, 15) is 0 Å². The van der Waals surface area contributed by atoms with Gasteiger partial charge in [-0.05, 0) is 6.07 Å². The molecule has 0 aromatic heterocycles. The van der Waals surface area contributed by atoms with E-state index < -0.39 is 0 Å². The molecule has 0 amide bonds. The number of halogens is 3. The first-order chi connectivity index (χ1) is 5.04. The number of hydrogen-bond acceptors (Lipinski definition) is 2. The van der Waals surface area contributed by atoms with E-state index in [2.05, 4.69) is 0 Å². The summed E-state index contributed by atoms with van der Waals surface area (Å²) in [7, 11) is 0. The highest BCUT2D eigenvalue weighted by Gasteiger charge is 2.09. The molecule has 1 rings (SSSR count). The summed E-state index contributed by atoms with van der Waals surface area (Å²) in [5.74, 6) is 0. The van der Waals surface area contributed by atoms with Gasteiger partial charge < -0.3 is 11.5 Å². The Labute approximate surface area is 79.0 Å². The molecule has 60 valence electrons. The predicted octanol–water partition coefficient (Wildman–Crippen LogP) is 2.81. The number of nitrogen functional groups attached to an aromatic ring is 2. The fraction of sp³-hybridized carbons (Fsp3) is 0. The van der Waals surface area contributed by atoms with Crippen molar-refractivity contribution in [1.29, 1.82) is 0 Å². The fourth-order valence-corrected chi connectivity index (χ4v) is 1.26. The number of hydrogen-bond donors (Lipinski definition) is 2. The van der Waals surface area contributed by atoms with Crippen LogP contribution in [0.25, 0.3) is 0 Å². The lowest BCUT2D eigenvalue weighted by atomic mass is 10.3. The van der Waals surface area contributed by atoms with Gasteiger partial charge in [-0.25, -0.2) is 0 Å². The summed E-state index contributed by atoms with van der Waals surface area (Å²) in [5, 5.41) is 0.750. The second-order valence-electron chi connectivity index (χ2n) is 1.99. The lowest BCUT2D eigenvalue weighted by Crippen LogP contribution is -1.95. The normalized spacial score (nSPS) is 10.1. The van der Waals surface area contributed by atoms with Crippen molar-refractivity contribution < 1.29 is 0 Å². The van der Waals surface area contributed by atoms with Crippen LogP contribution in [0.1, 0.15) is 0 Å². The molecule has 0 saturated carbocycles. The van der Waals surface area contributed by atoms with Crippen LogP contribution in [0.15, 0.2) is 6.07 Å². The van der Waals surface area contributed by atoms with Crippen LogP contribution in [0, 0.1) is 0 Å². The van der Waals surface area contributed by atoms with Crippen LogP contribution < -0.4 is 11.5 Å².